The van der Waals surface area contributed by atoms with Gasteiger partial charge in [0.1, 0.15) is 17.4 Å². The van der Waals surface area contributed by atoms with Gasteiger partial charge >= 0.3 is 5.97 Å². The molecule has 2 N–H and O–H groups in total. The van der Waals surface area contributed by atoms with Crippen LogP contribution in [-0.2, 0) is 4.79 Å². The molecule has 0 bridgehead atoms. The first-order valence-electron chi connectivity index (χ1n) is 11.5. The molecule has 1 fully saturated rings. The van der Waals surface area contributed by atoms with Crippen molar-refractivity contribution in [2.24, 2.45) is 0 Å². The molecule has 0 aliphatic carbocycles. The first-order valence-corrected chi connectivity index (χ1v) is 12.2. The van der Waals surface area contributed by atoms with Crippen molar-refractivity contribution in [3.05, 3.63) is 66.1 Å². The lowest BCUT2D eigenvalue weighted by Gasteiger charge is -2.34. The summed E-state index contributed by atoms with van der Waals surface area (Å²) in [5, 5.41) is 11.9. The van der Waals surface area contributed by atoms with E-state index in [4.69, 9.17) is 9.84 Å². The van der Waals surface area contributed by atoms with Gasteiger partial charge in [0.25, 0.3) is 0 Å². The number of piperazine rings is 1. The number of carbonyl (C=O) groups is 1. The second-order valence-electron chi connectivity index (χ2n) is 8.15. The molecule has 1 aliphatic rings. The number of aliphatic carboxylic acids is 1. The van der Waals surface area contributed by atoms with Crippen molar-refractivity contribution in [3.8, 4) is 5.75 Å². The molecule has 2 heterocycles. The van der Waals surface area contributed by atoms with Crippen molar-refractivity contribution in [3.63, 3.8) is 0 Å². The van der Waals surface area contributed by atoms with E-state index in [1.807, 2.05) is 37.3 Å². The molecule has 3 aromatic rings. The van der Waals surface area contributed by atoms with Crippen LogP contribution >= 0.6 is 11.9 Å². The SMILES string of the molecule is Cc1cc(Nc2ccc(F)cc2)nc(N2CCN(Sc3ccc(OCCCC(=O)O)cc3)CC2)n1. The average Bonchev–Trinajstić information content (AvgIpc) is 2.84. The third-order valence-electron chi connectivity index (χ3n) is 5.34. The molecule has 1 aliphatic heterocycles. The fraction of sp³-hybridized carbons (Fsp3) is 0.320. The fourth-order valence-electron chi connectivity index (χ4n) is 3.58. The average molecular weight is 498 g/mol. The molecule has 0 radical (unpaired) electrons. The summed E-state index contributed by atoms with van der Waals surface area (Å²) in [6, 6.07) is 15.9. The molecule has 184 valence electrons. The summed E-state index contributed by atoms with van der Waals surface area (Å²) in [5.74, 6) is 1.02. The summed E-state index contributed by atoms with van der Waals surface area (Å²) in [7, 11) is 0. The molecule has 1 saturated heterocycles. The van der Waals surface area contributed by atoms with Gasteiger partial charge in [0.05, 0.1) is 6.61 Å². The molecular formula is C25H28FN5O3S. The Morgan fingerprint density at radius 3 is 2.49 bits per heavy atom. The Labute approximate surface area is 208 Å². The maximum Gasteiger partial charge on any atom is 0.303 e. The number of anilines is 3. The highest BCUT2D eigenvalue weighted by Gasteiger charge is 2.20. The smallest absolute Gasteiger partial charge is 0.303 e. The number of nitrogens with zero attached hydrogens (tertiary/aromatic N) is 4. The third kappa shape index (κ3) is 7.56. The topological polar surface area (TPSA) is 90.8 Å². The van der Waals surface area contributed by atoms with Crippen LogP contribution in [0.5, 0.6) is 5.75 Å². The summed E-state index contributed by atoms with van der Waals surface area (Å²) in [6.07, 6.45) is 0.601. The van der Waals surface area contributed by atoms with Crippen LogP contribution in [0.4, 0.5) is 21.8 Å². The molecule has 35 heavy (non-hydrogen) atoms. The second kappa shape index (κ2) is 11.9. The van der Waals surface area contributed by atoms with E-state index in [0.29, 0.717) is 24.8 Å². The number of nitrogens with one attached hydrogen (secondary N) is 1. The minimum atomic E-state index is -0.809. The van der Waals surface area contributed by atoms with Gasteiger partial charge in [0.15, 0.2) is 0 Å². The summed E-state index contributed by atoms with van der Waals surface area (Å²) in [5.41, 5.74) is 1.63. The zero-order valence-electron chi connectivity index (χ0n) is 19.5. The van der Waals surface area contributed by atoms with Crippen LogP contribution in [-0.4, -0.2) is 58.1 Å². The van der Waals surface area contributed by atoms with Gasteiger partial charge in [-0.3, -0.25) is 4.79 Å². The predicted octanol–water partition coefficient (Wildman–Crippen LogP) is 4.74. The number of halogens is 1. The van der Waals surface area contributed by atoms with Crippen LogP contribution in [0, 0.1) is 12.7 Å². The van der Waals surface area contributed by atoms with E-state index < -0.39 is 5.97 Å². The molecule has 0 atom stereocenters. The van der Waals surface area contributed by atoms with Gasteiger partial charge in [0, 0.05) is 54.9 Å². The molecule has 2 aromatic carbocycles. The standard InChI is InChI=1S/C25H28FN5O3S/c1-18-17-23(28-20-6-4-19(26)5-7-20)29-25(27-18)30-12-14-31(15-13-30)35-22-10-8-21(9-11-22)34-16-2-3-24(32)33/h4-11,17H,2-3,12-16H2,1H3,(H,32,33)(H,27,28,29). The van der Waals surface area contributed by atoms with Gasteiger partial charge in [0.2, 0.25) is 5.95 Å². The van der Waals surface area contributed by atoms with Gasteiger partial charge in [-0.05, 0) is 73.8 Å². The maximum absolute atomic E-state index is 13.2. The molecule has 0 spiro atoms. The fourth-order valence-corrected chi connectivity index (χ4v) is 4.48. The Morgan fingerprint density at radius 2 is 1.80 bits per heavy atom. The number of hydrogen-bond donors (Lipinski definition) is 2. The zero-order valence-corrected chi connectivity index (χ0v) is 20.3. The normalized spacial score (nSPS) is 14.1. The summed E-state index contributed by atoms with van der Waals surface area (Å²) >= 11 is 1.70. The highest BCUT2D eigenvalue weighted by Crippen LogP contribution is 2.27. The number of benzene rings is 2. The number of hydrogen-bond acceptors (Lipinski definition) is 8. The Hall–Kier alpha value is -3.37. The predicted molar refractivity (Wildman–Crippen MR) is 135 cm³/mol. The third-order valence-corrected chi connectivity index (χ3v) is 6.45. The molecule has 4 rings (SSSR count). The van der Waals surface area contributed by atoms with E-state index >= 15 is 0 Å². The number of carboxylic acids is 1. The Bertz CT molecular complexity index is 1120. The van der Waals surface area contributed by atoms with Gasteiger partial charge in [-0.2, -0.15) is 4.98 Å². The molecule has 0 unspecified atom stereocenters. The van der Waals surface area contributed by atoms with Crippen LogP contribution in [0.3, 0.4) is 0 Å². The van der Waals surface area contributed by atoms with E-state index in [9.17, 15) is 9.18 Å². The minimum Gasteiger partial charge on any atom is -0.494 e. The van der Waals surface area contributed by atoms with Gasteiger partial charge < -0.3 is 20.1 Å². The number of aryl methyl sites for hydroxylation is 1. The van der Waals surface area contributed by atoms with E-state index in [-0.39, 0.29) is 12.2 Å². The quantitative estimate of drug-likeness (QED) is 0.304. The lowest BCUT2D eigenvalue weighted by molar-refractivity contribution is -0.137. The van der Waals surface area contributed by atoms with Gasteiger partial charge in [-0.15, -0.1) is 0 Å². The number of carboxylic acid groups (broad SMARTS) is 1. The number of ether oxygens (including phenoxy) is 1. The molecule has 8 nitrogen and oxygen atoms in total. The molecule has 0 saturated carbocycles. The van der Waals surface area contributed by atoms with Crippen LogP contribution in [0.1, 0.15) is 18.5 Å². The summed E-state index contributed by atoms with van der Waals surface area (Å²) in [4.78, 5) is 23.1. The highest BCUT2D eigenvalue weighted by molar-refractivity contribution is 7.97. The number of aromatic nitrogens is 2. The van der Waals surface area contributed by atoms with Gasteiger partial charge in [-0.1, -0.05) is 0 Å². The molecular weight excluding hydrogens is 469 g/mol. The van der Waals surface area contributed by atoms with Crippen LogP contribution in [0.15, 0.2) is 59.5 Å². The first-order chi connectivity index (χ1) is 16.9. The van der Waals surface area contributed by atoms with Crippen molar-refractivity contribution in [2.75, 3.05) is 43.0 Å². The van der Waals surface area contributed by atoms with Crippen molar-refractivity contribution in [1.82, 2.24) is 14.3 Å². The van der Waals surface area contributed by atoms with Crippen molar-refractivity contribution < 1.29 is 19.0 Å². The van der Waals surface area contributed by atoms with Crippen molar-refractivity contribution >= 4 is 35.4 Å². The van der Waals surface area contributed by atoms with E-state index in [1.54, 1.807) is 24.1 Å². The van der Waals surface area contributed by atoms with Gasteiger partial charge in [-0.25, -0.2) is 13.7 Å². The Kier molecular flexibility index (Phi) is 8.38. The summed E-state index contributed by atoms with van der Waals surface area (Å²) < 4.78 is 21.1. The van der Waals surface area contributed by atoms with Crippen LogP contribution in [0.25, 0.3) is 0 Å². The Morgan fingerprint density at radius 1 is 1.09 bits per heavy atom. The van der Waals surface area contributed by atoms with E-state index in [2.05, 4.69) is 24.5 Å². The monoisotopic (exact) mass is 497 g/mol. The summed E-state index contributed by atoms with van der Waals surface area (Å²) in [6.45, 7) is 5.65. The van der Waals surface area contributed by atoms with Crippen molar-refractivity contribution in [2.45, 2.75) is 24.7 Å². The lowest BCUT2D eigenvalue weighted by atomic mass is 10.3. The lowest BCUT2D eigenvalue weighted by Crippen LogP contribution is -2.44. The first kappa shape index (κ1) is 24.7. The zero-order chi connectivity index (χ0) is 24.6. The van der Waals surface area contributed by atoms with Crippen LogP contribution in [0.2, 0.25) is 0 Å². The Balaban J connectivity index is 1.27. The minimum absolute atomic E-state index is 0.111. The number of rotatable bonds is 10. The second-order valence-corrected chi connectivity index (χ2v) is 9.32. The highest BCUT2D eigenvalue weighted by atomic mass is 32.2. The molecule has 0 amide bonds. The molecule has 10 heteroatoms. The van der Waals surface area contributed by atoms with E-state index in [1.165, 1.54) is 12.1 Å². The molecule has 1 aromatic heterocycles. The maximum atomic E-state index is 13.2. The van der Waals surface area contributed by atoms with E-state index in [0.717, 1.165) is 48.2 Å². The largest absolute Gasteiger partial charge is 0.494 e. The van der Waals surface area contributed by atoms with Crippen molar-refractivity contribution in [1.29, 1.82) is 0 Å². The van der Waals surface area contributed by atoms with Crippen LogP contribution < -0.4 is 15.0 Å².